The second-order valence-electron chi connectivity index (χ2n) is 7.61. The summed E-state index contributed by atoms with van der Waals surface area (Å²) in [5, 5.41) is 6.78. The van der Waals surface area contributed by atoms with Crippen molar-refractivity contribution >= 4 is 38.3 Å². The molecule has 0 saturated carbocycles. The number of benzene rings is 3. The van der Waals surface area contributed by atoms with E-state index in [4.69, 9.17) is 4.74 Å². The zero-order valence-electron chi connectivity index (χ0n) is 15.5. The van der Waals surface area contributed by atoms with Gasteiger partial charge in [-0.1, -0.05) is 48.5 Å². The molecule has 0 saturated heterocycles. The Hall–Kier alpha value is -2.94. The van der Waals surface area contributed by atoms with E-state index in [0.29, 0.717) is 5.69 Å². The van der Waals surface area contributed by atoms with Crippen LogP contribution in [0.5, 0.6) is 0 Å². The fourth-order valence-electron chi connectivity index (χ4n) is 3.55. The first kappa shape index (κ1) is 16.5. The van der Waals surface area contributed by atoms with Crippen molar-refractivity contribution in [1.29, 1.82) is 0 Å². The predicted molar refractivity (Wildman–Crippen MR) is 107 cm³/mol. The maximum Gasteiger partial charge on any atom is 0.357 e. The molecule has 0 bridgehead atoms. The summed E-state index contributed by atoms with van der Waals surface area (Å²) >= 11 is 0. The lowest BCUT2D eigenvalue weighted by atomic mass is 9.93. The minimum Gasteiger partial charge on any atom is -0.455 e. The van der Waals surface area contributed by atoms with Crippen LogP contribution in [-0.4, -0.2) is 16.6 Å². The van der Waals surface area contributed by atoms with Crippen molar-refractivity contribution in [3.8, 4) is 0 Å². The highest BCUT2D eigenvalue weighted by molar-refractivity contribution is 6.26. The third-order valence-corrected chi connectivity index (χ3v) is 4.51. The van der Waals surface area contributed by atoms with Crippen molar-refractivity contribution in [1.82, 2.24) is 4.98 Å². The molecular formula is C23H21NO2. The van der Waals surface area contributed by atoms with Crippen LogP contribution < -0.4 is 0 Å². The topological polar surface area (TPSA) is 39.2 Å². The lowest BCUT2D eigenvalue weighted by Gasteiger charge is -2.20. The Morgan fingerprint density at radius 1 is 0.846 bits per heavy atom. The summed E-state index contributed by atoms with van der Waals surface area (Å²) < 4.78 is 5.53. The quantitative estimate of drug-likeness (QED) is 0.324. The number of hydrogen-bond acceptors (Lipinski definition) is 3. The van der Waals surface area contributed by atoms with Gasteiger partial charge in [0.2, 0.25) is 0 Å². The normalized spacial score (nSPS) is 12.0. The van der Waals surface area contributed by atoms with Crippen molar-refractivity contribution in [2.45, 2.75) is 33.3 Å². The number of esters is 1. The van der Waals surface area contributed by atoms with Crippen LogP contribution in [0.1, 0.15) is 37.0 Å². The monoisotopic (exact) mass is 343 g/mol. The molecule has 0 spiro atoms. The molecule has 3 nitrogen and oxygen atoms in total. The van der Waals surface area contributed by atoms with E-state index in [9.17, 15) is 4.79 Å². The van der Waals surface area contributed by atoms with Crippen LogP contribution in [0.4, 0.5) is 0 Å². The molecule has 3 heteroatoms. The van der Waals surface area contributed by atoms with Crippen molar-refractivity contribution in [3.05, 3.63) is 66.0 Å². The molecule has 1 heterocycles. The minimum atomic E-state index is -0.549. The molecule has 4 aromatic rings. The first-order chi connectivity index (χ1) is 12.3. The zero-order valence-corrected chi connectivity index (χ0v) is 15.5. The van der Waals surface area contributed by atoms with Crippen molar-refractivity contribution in [3.63, 3.8) is 0 Å². The van der Waals surface area contributed by atoms with Crippen LogP contribution in [0, 0.1) is 6.92 Å². The van der Waals surface area contributed by atoms with Crippen molar-refractivity contribution < 1.29 is 9.53 Å². The summed E-state index contributed by atoms with van der Waals surface area (Å²) in [4.78, 5) is 17.1. The Labute approximate surface area is 152 Å². The van der Waals surface area contributed by atoms with E-state index in [1.165, 1.54) is 10.8 Å². The number of rotatable bonds is 1. The second-order valence-corrected chi connectivity index (χ2v) is 7.61. The second kappa shape index (κ2) is 5.80. The third kappa shape index (κ3) is 2.70. The van der Waals surface area contributed by atoms with E-state index in [1.807, 2.05) is 52.0 Å². The van der Waals surface area contributed by atoms with Gasteiger partial charge in [-0.2, -0.15) is 0 Å². The fraction of sp³-hybridized carbons (Fsp3) is 0.217. The average molecular weight is 343 g/mol. The van der Waals surface area contributed by atoms with Crippen LogP contribution >= 0.6 is 0 Å². The molecule has 26 heavy (non-hydrogen) atoms. The number of aromatic nitrogens is 1. The van der Waals surface area contributed by atoms with E-state index in [-0.39, 0.29) is 5.97 Å². The summed E-state index contributed by atoms with van der Waals surface area (Å²) in [5.41, 5.74) is 0.642. The number of ether oxygens (including phenoxy) is 1. The first-order valence-corrected chi connectivity index (χ1v) is 8.79. The van der Waals surface area contributed by atoms with E-state index in [0.717, 1.165) is 27.2 Å². The average Bonchev–Trinajstić information content (AvgIpc) is 2.60. The standard InChI is InChI=1S/C23H21NO2/c1-14-21-18-12-8-7-10-16(18)15-9-5-6-11-17(15)19(21)13-20(24-14)22(25)26-23(2,3)4/h5-13H,1-4H3. The van der Waals surface area contributed by atoms with Crippen LogP contribution in [0.15, 0.2) is 54.6 Å². The van der Waals surface area contributed by atoms with Gasteiger partial charge in [-0.15, -0.1) is 0 Å². The smallest absolute Gasteiger partial charge is 0.357 e. The number of aryl methyl sites for hydroxylation is 1. The molecule has 4 rings (SSSR count). The van der Waals surface area contributed by atoms with Gasteiger partial charge in [0.1, 0.15) is 11.3 Å². The van der Waals surface area contributed by atoms with Gasteiger partial charge in [-0.05, 0) is 60.7 Å². The van der Waals surface area contributed by atoms with Gasteiger partial charge in [0.25, 0.3) is 0 Å². The largest absolute Gasteiger partial charge is 0.455 e. The number of hydrogen-bond donors (Lipinski definition) is 0. The minimum absolute atomic E-state index is 0.352. The Morgan fingerprint density at radius 2 is 1.35 bits per heavy atom. The lowest BCUT2D eigenvalue weighted by Crippen LogP contribution is -2.24. The van der Waals surface area contributed by atoms with E-state index >= 15 is 0 Å². The highest BCUT2D eigenvalue weighted by Gasteiger charge is 2.21. The van der Waals surface area contributed by atoms with Gasteiger partial charge >= 0.3 is 5.97 Å². The van der Waals surface area contributed by atoms with Crippen LogP contribution in [-0.2, 0) is 4.74 Å². The van der Waals surface area contributed by atoms with Crippen LogP contribution in [0.3, 0.4) is 0 Å². The van der Waals surface area contributed by atoms with E-state index in [1.54, 1.807) is 0 Å². The van der Waals surface area contributed by atoms with E-state index in [2.05, 4.69) is 35.3 Å². The van der Waals surface area contributed by atoms with Gasteiger partial charge in [0, 0.05) is 11.1 Å². The molecule has 0 fully saturated rings. The molecule has 0 unspecified atom stereocenters. The first-order valence-electron chi connectivity index (χ1n) is 8.79. The molecule has 0 aliphatic rings. The third-order valence-electron chi connectivity index (χ3n) is 4.51. The Balaban J connectivity index is 2.10. The highest BCUT2D eigenvalue weighted by Crippen LogP contribution is 2.36. The predicted octanol–water partition coefficient (Wildman–Crippen LogP) is 5.80. The van der Waals surface area contributed by atoms with Crippen LogP contribution in [0.2, 0.25) is 0 Å². The molecule has 3 aromatic carbocycles. The summed E-state index contributed by atoms with van der Waals surface area (Å²) in [6, 6.07) is 18.5. The van der Waals surface area contributed by atoms with Gasteiger partial charge in [0.15, 0.2) is 0 Å². The Bertz CT molecular complexity index is 1170. The molecule has 0 atom stereocenters. The van der Waals surface area contributed by atoms with Gasteiger partial charge in [-0.3, -0.25) is 0 Å². The number of pyridine rings is 1. The van der Waals surface area contributed by atoms with Crippen molar-refractivity contribution in [2.75, 3.05) is 0 Å². The maximum atomic E-state index is 12.6. The number of carbonyl (C=O) groups is 1. The molecular weight excluding hydrogens is 322 g/mol. The molecule has 130 valence electrons. The molecule has 1 aromatic heterocycles. The van der Waals surface area contributed by atoms with Gasteiger partial charge < -0.3 is 4.74 Å². The zero-order chi connectivity index (χ0) is 18.5. The molecule has 0 aliphatic heterocycles. The Kier molecular flexibility index (Phi) is 3.69. The summed E-state index contributed by atoms with van der Waals surface area (Å²) in [6.07, 6.45) is 0. The van der Waals surface area contributed by atoms with Gasteiger partial charge in [-0.25, -0.2) is 9.78 Å². The van der Waals surface area contributed by atoms with Crippen LogP contribution in [0.25, 0.3) is 32.3 Å². The highest BCUT2D eigenvalue weighted by atomic mass is 16.6. The molecule has 0 N–H and O–H groups in total. The Morgan fingerprint density at radius 3 is 1.92 bits per heavy atom. The van der Waals surface area contributed by atoms with Gasteiger partial charge in [0.05, 0.1) is 0 Å². The number of carbonyl (C=O) groups excluding carboxylic acids is 1. The molecule has 0 radical (unpaired) electrons. The summed E-state index contributed by atoms with van der Waals surface area (Å²) in [5.74, 6) is -0.389. The summed E-state index contributed by atoms with van der Waals surface area (Å²) in [6.45, 7) is 7.54. The lowest BCUT2D eigenvalue weighted by molar-refractivity contribution is 0.00628. The SMILES string of the molecule is Cc1nc(C(=O)OC(C)(C)C)cc2c3ccccc3c3ccccc3c12. The van der Waals surface area contributed by atoms with Crippen molar-refractivity contribution in [2.24, 2.45) is 0 Å². The fourth-order valence-corrected chi connectivity index (χ4v) is 3.55. The van der Waals surface area contributed by atoms with E-state index < -0.39 is 5.60 Å². The summed E-state index contributed by atoms with van der Waals surface area (Å²) in [7, 11) is 0. The number of nitrogens with zero attached hydrogens (tertiary/aromatic N) is 1. The molecule has 0 amide bonds. The number of fused-ring (bicyclic) bond motifs is 6. The maximum absolute atomic E-state index is 12.6. The molecule has 0 aliphatic carbocycles.